The number of rotatable bonds is 3. The zero-order valence-electron chi connectivity index (χ0n) is 12.0. The van der Waals surface area contributed by atoms with E-state index in [0.29, 0.717) is 23.6 Å². The van der Waals surface area contributed by atoms with Gasteiger partial charge in [0, 0.05) is 18.5 Å². The lowest BCUT2D eigenvalue weighted by atomic mass is 9.85. The van der Waals surface area contributed by atoms with Crippen LogP contribution in [0.2, 0.25) is 5.02 Å². The molecular formula is C16H20ClNO2. The van der Waals surface area contributed by atoms with Crippen molar-refractivity contribution in [2.75, 3.05) is 13.1 Å². The van der Waals surface area contributed by atoms with Gasteiger partial charge in [0.25, 0.3) is 0 Å². The molecule has 1 aliphatic rings. The van der Waals surface area contributed by atoms with E-state index >= 15 is 0 Å². The summed E-state index contributed by atoms with van der Waals surface area (Å²) < 4.78 is 0. The number of benzene rings is 1. The molecule has 1 aromatic carbocycles. The van der Waals surface area contributed by atoms with Gasteiger partial charge in [0.05, 0.1) is 11.6 Å². The van der Waals surface area contributed by atoms with E-state index in [1.807, 2.05) is 0 Å². The van der Waals surface area contributed by atoms with Crippen LogP contribution in [0.15, 0.2) is 24.3 Å². The Morgan fingerprint density at radius 3 is 2.70 bits per heavy atom. The average Bonchev–Trinajstić information content (AvgIpc) is 2.52. The molecule has 0 aliphatic carbocycles. The Morgan fingerprint density at radius 1 is 1.30 bits per heavy atom. The molecule has 1 saturated heterocycles. The van der Waals surface area contributed by atoms with Crippen molar-refractivity contribution in [2.45, 2.75) is 33.1 Å². The van der Waals surface area contributed by atoms with Gasteiger partial charge < -0.3 is 4.90 Å². The summed E-state index contributed by atoms with van der Waals surface area (Å²) in [6, 6.07) is 6.98. The number of hydrogen-bond acceptors (Lipinski definition) is 2. The molecule has 0 saturated carbocycles. The maximum absolute atomic E-state index is 12.3. The van der Waals surface area contributed by atoms with Crippen LogP contribution < -0.4 is 0 Å². The van der Waals surface area contributed by atoms with E-state index in [-0.39, 0.29) is 23.7 Å². The van der Waals surface area contributed by atoms with Crippen LogP contribution in [-0.2, 0) is 4.79 Å². The highest BCUT2D eigenvalue weighted by Gasteiger charge is 2.28. The van der Waals surface area contributed by atoms with Crippen LogP contribution in [0, 0.1) is 5.41 Å². The molecule has 1 aromatic rings. The first-order chi connectivity index (χ1) is 9.39. The number of hydrogen-bond donors (Lipinski definition) is 0. The van der Waals surface area contributed by atoms with Crippen LogP contribution >= 0.6 is 11.6 Å². The number of ketones is 1. The quantitative estimate of drug-likeness (QED) is 0.799. The van der Waals surface area contributed by atoms with Crippen LogP contribution in [0.5, 0.6) is 0 Å². The van der Waals surface area contributed by atoms with E-state index in [1.54, 1.807) is 29.2 Å². The van der Waals surface area contributed by atoms with Crippen molar-refractivity contribution in [1.82, 2.24) is 4.90 Å². The van der Waals surface area contributed by atoms with Gasteiger partial charge in [-0.2, -0.15) is 0 Å². The van der Waals surface area contributed by atoms with Gasteiger partial charge in [-0.15, -0.1) is 0 Å². The van der Waals surface area contributed by atoms with Gasteiger partial charge in [-0.05, 0) is 30.4 Å². The van der Waals surface area contributed by atoms with E-state index in [2.05, 4.69) is 13.8 Å². The fourth-order valence-electron chi connectivity index (χ4n) is 2.40. The summed E-state index contributed by atoms with van der Waals surface area (Å²) in [7, 11) is 0. The Hall–Kier alpha value is -1.35. The number of Topliss-reactive ketones (excluding diaryl/α,β-unsaturated/α-hetero) is 1. The number of carbonyl (C=O) groups excluding carboxylic acids is 2. The lowest BCUT2D eigenvalue weighted by Crippen LogP contribution is -2.35. The Balaban J connectivity index is 2.07. The monoisotopic (exact) mass is 293 g/mol. The minimum absolute atomic E-state index is 0.0657. The lowest BCUT2D eigenvalue weighted by Gasteiger charge is -2.23. The van der Waals surface area contributed by atoms with Gasteiger partial charge in [0.2, 0.25) is 5.91 Å². The summed E-state index contributed by atoms with van der Waals surface area (Å²) in [5.41, 5.74) is 0.656. The zero-order valence-corrected chi connectivity index (χ0v) is 12.7. The molecule has 1 fully saturated rings. The molecule has 0 bridgehead atoms. The molecule has 2 rings (SSSR count). The first kappa shape index (κ1) is 15.0. The predicted molar refractivity (Wildman–Crippen MR) is 80.0 cm³/mol. The third-order valence-corrected chi connectivity index (χ3v) is 4.27. The Kier molecular flexibility index (Phi) is 4.48. The van der Waals surface area contributed by atoms with E-state index in [4.69, 9.17) is 11.6 Å². The molecule has 0 unspecified atom stereocenters. The van der Waals surface area contributed by atoms with Crippen LogP contribution in [0.1, 0.15) is 43.5 Å². The zero-order chi connectivity index (χ0) is 14.8. The second kappa shape index (κ2) is 5.96. The van der Waals surface area contributed by atoms with Crippen molar-refractivity contribution >= 4 is 23.3 Å². The second-order valence-corrected chi connectivity index (χ2v) is 6.54. The van der Waals surface area contributed by atoms with E-state index in [0.717, 1.165) is 12.8 Å². The standard InChI is InChI=1S/C16H20ClNO2/c1-16(2)8-7-15(20)18(10-9-16)11-14(19)12-5-3-4-6-13(12)17/h3-6H,7-11H2,1-2H3. The first-order valence-electron chi connectivity index (χ1n) is 6.94. The predicted octanol–water partition coefficient (Wildman–Crippen LogP) is 3.56. The smallest absolute Gasteiger partial charge is 0.222 e. The van der Waals surface area contributed by atoms with Gasteiger partial charge >= 0.3 is 0 Å². The second-order valence-electron chi connectivity index (χ2n) is 6.13. The van der Waals surface area contributed by atoms with Crippen molar-refractivity contribution in [2.24, 2.45) is 5.41 Å². The highest BCUT2D eigenvalue weighted by molar-refractivity contribution is 6.34. The summed E-state index contributed by atoms with van der Waals surface area (Å²) >= 11 is 6.03. The minimum Gasteiger partial charge on any atom is -0.335 e. The molecular weight excluding hydrogens is 274 g/mol. The van der Waals surface area contributed by atoms with Crippen molar-refractivity contribution in [1.29, 1.82) is 0 Å². The van der Waals surface area contributed by atoms with Crippen LogP contribution in [-0.4, -0.2) is 29.7 Å². The van der Waals surface area contributed by atoms with Gasteiger partial charge in [-0.3, -0.25) is 9.59 Å². The molecule has 3 nitrogen and oxygen atoms in total. The fourth-order valence-corrected chi connectivity index (χ4v) is 2.64. The summed E-state index contributed by atoms with van der Waals surface area (Å²) in [6.45, 7) is 5.10. The van der Waals surface area contributed by atoms with Gasteiger partial charge in [-0.25, -0.2) is 0 Å². The SMILES string of the molecule is CC1(C)CCC(=O)N(CC(=O)c2ccccc2Cl)CC1. The average molecular weight is 294 g/mol. The van der Waals surface area contributed by atoms with Gasteiger partial charge in [0.15, 0.2) is 5.78 Å². The number of carbonyl (C=O) groups is 2. The van der Waals surface area contributed by atoms with Crippen molar-refractivity contribution in [3.05, 3.63) is 34.9 Å². The molecule has 0 aromatic heterocycles. The van der Waals surface area contributed by atoms with E-state index in [9.17, 15) is 9.59 Å². The minimum atomic E-state index is -0.0938. The molecule has 108 valence electrons. The summed E-state index contributed by atoms with van der Waals surface area (Å²) in [4.78, 5) is 26.0. The van der Waals surface area contributed by atoms with Crippen molar-refractivity contribution in [3.8, 4) is 0 Å². The van der Waals surface area contributed by atoms with Crippen molar-refractivity contribution < 1.29 is 9.59 Å². The van der Waals surface area contributed by atoms with E-state index in [1.165, 1.54) is 0 Å². The molecule has 1 aliphatic heterocycles. The highest BCUT2D eigenvalue weighted by Crippen LogP contribution is 2.30. The van der Waals surface area contributed by atoms with Crippen molar-refractivity contribution in [3.63, 3.8) is 0 Å². The normalized spacial score (nSPS) is 18.8. The number of halogens is 1. The number of amides is 1. The maximum Gasteiger partial charge on any atom is 0.222 e. The fraction of sp³-hybridized carbons (Fsp3) is 0.500. The van der Waals surface area contributed by atoms with Gasteiger partial charge in [-0.1, -0.05) is 37.6 Å². The first-order valence-corrected chi connectivity index (χ1v) is 7.32. The topological polar surface area (TPSA) is 37.4 Å². The Bertz CT molecular complexity index is 525. The Labute approximate surface area is 124 Å². The number of nitrogens with zero attached hydrogens (tertiary/aromatic N) is 1. The van der Waals surface area contributed by atoms with Crippen LogP contribution in [0.25, 0.3) is 0 Å². The third-order valence-electron chi connectivity index (χ3n) is 3.94. The third kappa shape index (κ3) is 3.60. The molecule has 0 spiro atoms. The number of likely N-dealkylation sites (tertiary alicyclic amines) is 1. The lowest BCUT2D eigenvalue weighted by molar-refractivity contribution is -0.130. The molecule has 0 N–H and O–H groups in total. The molecule has 0 radical (unpaired) electrons. The largest absolute Gasteiger partial charge is 0.335 e. The summed E-state index contributed by atoms with van der Waals surface area (Å²) in [5, 5.41) is 0.445. The molecule has 4 heteroatoms. The summed E-state index contributed by atoms with van der Waals surface area (Å²) in [5.74, 6) is -0.0281. The maximum atomic E-state index is 12.3. The molecule has 0 atom stereocenters. The molecule has 1 amide bonds. The molecule has 1 heterocycles. The van der Waals surface area contributed by atoms with Crippen LogP contribution in [0.4, 0.5) is 0 Å². The van der Waals surface area contributed by atoms with E-state index < -0.39 is 0 Å². The molecule has 20 heavy (non-hydrogen) atoms. The van der Waals surface area contributed by atoms with Gasteiger partial charge in [0.1, 0.15) is 0 Å². The Morgan fingerprint density at radius 2 is 2.00 bits per heavy atom. The van der Waals surface area contributed by atoms with Crippen LogP contribution in [0.3, 0.4) is 0 Å². The summed E-state index contributed by atoms with van der Waals surface area (Å²) in [6.07, 6.45) is 2.32. The highest BCUT2D eigenvalue weighted by atomic mass is 35.5.